The summed E-state index contributed by atoms with van der Waals surface area (Å²) in [6, 6.07) is 0.998. The van der Waals surface area contributed by atoms with Crippen molar-refractivity contribution in [1.82, 2.24) is 9.29 Å². The summed E-state index contributed by atoms with van der Waals surface area (Å²) in [6.07, 6.45) is 2.74. The normalized spacial score (nSPS) is 21.7. The summed E-state index contributed by atoms with van der Waals surface area (Å²) >= 11 is 0. The number of aromatic nitrogens is 1. The zero-order valence-electron chi connectivity index (χ0n) is 11.9. The average molecular weight is 335 g/mol. The number of nitrogens with zero attached hydrogens (tertiary/aromatic N) is 1. The number of sulfone groups is 1. The molecule has 9 heteroatoms. The molecule has 0 spiro atoms. The molecule has 1 fully saturated rings. The van der Waals surface area contributed by atoms with Crippen LogP contribution in [0.25, 0.3) is 0 Å². The lowest BCUT2D eigenvalue weighted by Gasteiger charge is -2.10. The second kappa shape index (κ2) is 6.07. The summed E-state index contributed by atoms with van der Waals surface area (Å²) in [4.78, 5) is 0.140. The maximum atomic E-state index is 12.3. The standard InChI is InChI=1S/C12H21N3O4S2/c1-2-4-15-8-12(6-11(15)7-13)21(18,19)14-10-3-5-20(16,17)9-10/h6,8,10,14H,2-5,7,9,13H2,1H3. The molecule has 0 aliphatic carbocycles. The van der Waals surface area contributed by atoms with Crippen LogP contribution in [0.5, 0.6) is 0 Å². The molecule has 7 nitrogen and oxygen atoms in total. The van der Waals surface area contributed by atoms with Crippen molar-refractivity contribution in [3.8, 4) is 0 Å². The van der Waals surface area contributed by atoms with Crippen molar-refractivity contribution in [3.05, 3.63) is 18.0 Å². The topological polar surface area (TPSA) is 111 Å². The quantitative estimate of drug-likeness (QED) is 0.749. The number of hydrogen-bond acceptors (Lipinski definition) is 5. The third kappa shape index (κ3) is 3.85. The number of nitrogens with two attached hydrogens (primary N) is 1. The van der Waals surface area contributed by atoms with Gasteiger partial charge in [-0.3, -0.25) is 0 Å². The fourth-order valence-corrected chi connectivity index (χ4v) is 5.58. The minimum atomic E-state index is -3.71. The minimum absolute atomic E-state index is 0.0328. The molecule has 2 rings (SSSR count). The van der Waals surface area contributed by atoms with E-state index in [4.69, 9.17) is 5.73 Å². The Hall–Kier alpha value is -0.900. The van der Waals surface area contributed by atoms with E-state index in [0.29, 0.717) is 13.0 Å². The van der Waals surface area contributed by atoms with Gasteiger partial charge in [-0.05, 0) is 18.9 Å². The fraction of sp³-hybridized carbons (Fsp3) is 0.667. The van der Waals surface area contributed by atoms with E-state index < -0.39 is 25.9 Å². The highest BCUT2D eigenvalue weighted by Gasteiger charge is 2.31. The average Bonchev–Trinajstić information content (AvgIpc) is 2.93. The van der Waals surface area contributed by atoms with Crippen LogP contribution < -0.4 is 10.5 Å². The van der Waals surface area contributed by atoms with Crippen LogP contribution in [0.15, 0.2) is 17.2 Å². The predicted molar refractivity (Wildman–Crippen MR) is 80.0 cm³/mol. The van der Waals surface area contributed by atoms with Gasteiger partial charge in [0.15, 0.2) is 9.84 Å². The lowest BCUT2D eigenvalue weighted by molar-refractivity contribution is 0.561. The molecule has 120 valence electrons. The maximum absolute atomic E-state index is 12.3. The van der Waals surface area contributed by atoms with Crippen LogP contribution >= 0.6 is 0 Å². The SMILES string of the molecule is CCCn1cc(S(=O)(=O)NC2CCS(=O)(=O)C2)cc1CN. The number of rotatable bonds is 6. The van der Waals surface area contributed by atoms with Crippen LogP contribution in [0.4, 0.5) is 0 Å². The number of nitrogens with one attached hydrogen (secondary N) is 1. The lowest BCUT2D eigenvalue weighted by Crippen LogP contribution is -2.35. The highest BCUT2D eigenvalue weighted by molar-refractivity contribution is 7.92. The Kier molecular flexibility index (Phi) is 4.76. The van der Waals surface area contributed by atoms with Crippen molar-refractivity contribution in [3.63, 3.8) is 0 Å². The van der Waals surface area contributed by atoms with Gasteiger partial charge in [-0.15, -0.1) is 0 Å². The summed E-state index contributed by atoms with van der Waals surface area (Å²) in [5.74, 6) is -0.100. The molecule has 1 aromatic rings. The highest BCUT2D eigenvalue weighted by atomic mass is 32.2. The summed E-state index contributed by atoms with van der Waals surface area (Å²) in [5, 5.41) is 0. The van der Waals surface area contributed by atoms with Crippen molar-refractivity contribution in [2.45, 2.75) is 43.8 Å². The first-order valence-corrected chi connectivity index (χ1v) is 10.2. The van der Waals surface area contributed by atoms with Gasteiger partial charge in [-0.25, -0.2) is 21.6 Å². The van der Waals surface area contributed by atoms with Crippen LogP contribution in [0.2, 0.25) is 0 Å². The molecule has 2 heterocycles. The van der Waals surface area contributed by atoms with Gasteiger partial charge < -0.3 is 10.3 Å². The first-order valence-electron chi connectivity index (χ1n) is 6.89. The third-order valence-corrected chi connectivity index (χ3v) is 6.75. The second-order valence-corrected chi connectivity index (χ2v) is 9.23. The Morgan fingerprint density at radius 1 is 1.48 bits per heavy atom. The van der Waals surface area contributed by atoms with Crippen molar-refractivity contribution < 1.29 is 16.8 Å². The lowest BCUT2D eigenvalue weighted by atomic mass is 10.3. The number of aryl methyl sites for hydroxylation is 1. The second-order valence-electron chi connectivity index (χ2n) is 5.29. The highest BCUT2D eigenvalue weighted by Crippen LogP contribution is 2.18. The molecule has 1 saturated heterocycles. The molecular formula is C12H21N3O4S2. The minimum Gasteiger partial charge on any atom is -0.349 e. The van der Waals surface area contributed by atoms with Gasteiger partial charge in [0.2, 0.25) is 10.0 Å². The van der Waals surface area contributed by atoms with Crippen LogP contribution in [-0.2, 0) is 33.0 Å². The van der Waals surface area contributed by atoms with E-state index in [9.17, 15) is 16.8 Å². The van der Waals surface area contributed by atoms with E-state index in [1.807, 2.05) is 11.5 Å². The molecular weight excluding hydrogens is 314 g/mol. The molecule has 1 aliphatic heterocycles. The zero-order chi connectivity index (χ0) is 15.7. The Morgan fingerprint density at radius 3 is 2.71 bits per heavy atom. The van der Waals surface area contributed by atoms with E-state index in [-0.39, 0.29) is 22.9 Å². The van der Waals surface area contributed by atoms with Gasteiger partial charge in [0.25, 0.3) is 0 Å². The smallest absolute Gasteiger partial charge is 0.242 e. The monoisotopic (exact) mass is 335 g/mol. The Balaban J connectivity index is 2.20. The van der Waals surface area contributed by atoms with Crippen molar-refractivity contribution in [2.24, 2.45) is 5.73 Å². The molecule has 0 radical (unpaired) electrons. The van der Waals surface area contributed by atoms with E-state index in [0.717, 1.165) is 12.1 Å². The van der Waals surface area contributed by atoms with Crippen molar-refractivity contribution in [2.75, 3.05) is 11.5 Å². The van der Waals surface area contributed by atoms with E-state index in [1.165, 1.54) is 0 Å². The molecule has 21 heavy (non-hydrogen) atoms. The van der Waals surface area contributed by atoms with Gasteiger partial charge in [0.1, 0.15) is 0 Å². The van der Waals surface area contributed by atoms with Crippen molar-refractivity contribution in [1.29, 1.82) is 0 Å². The Morgan fingerprint density at radius 2 is 2.19 bits per heavy atom. The fourth-order valence-electron chi connectivity index (χ4n) is 2.47. The largest absolute Gasteiger partial charge is 0.349 e. The molecule has 3 N–H and O–H groups in total. The summed E-state index contributed by atoms with van der Waals surface area (Å²) in [5.41, 5.74) is 6.37. The molecule has 1 aromatic heterocycles. The molecule has 1 aliphatic rings. The first kappa shape index (κ1) is 16.5. The Labute approximate surface area is 125 Å². The molecule has 0 aromatic carbocycles. The van der Waals surface area contributed by atoms with Gasteiger partial charge in [0.05, 0.1) is 16.4 Å². The van der Waals surface area contributed by atoms with Gasteiger partial charge in [-0.2, -0.15) is 0 Å². The molecule has 1 atom stereocenters. The summed E-state index contributed by atoms with van der Waals surface area (Å²) < 4.78 is 51.7. The molecule has 0 bridgehead atoms. The number of hydrogen-bond donors (Lipinski definition) is 2. The summed E-state index contributed by atoms with van der Waals surface area (Å²) in [7, 11) is -6.83. The Bertz CT molecular complexity index is 707. The van der Waals surface area contributed by atoms with Gasteiger partial charge in [0, 0.05) is 31.0 Å². The van der Waals surface area contributed by atoms with Crippen LogP contribution in [0.1, 0.15) is 25.5 Å². The van der Waals surface area contributed by atoms with Gasteiger partial charge in [-0.1, -0.05) is 6.92 Å². The van der Waals surface area contributed by atoms with Crippen molar-refractivity contribution >= 4 is 19.9 Å². The molecule has 0 amide bonds. The molecule has 1 unspecified atom stereocenters. The molecule has 0 saturated carbocycles. The maximum Gasteiger partial charge on any atom is 0.242 e. The predicted octanol–water partition coefficient (Wildman–Crippen LogP) is -0.178. The van der Waals surface area contributed by atoms with E-state index in [2.05, 4.69) is 4.72 Å². The van der Waals surface area contributed by atoms with Crippen LogP contribution in [-0.4, -0.2) is 39.0 Å². The zero-order valence-corrected chi connectivity index (χ0v) is 13.6. The first-order chi connectivity index (χ1) is 9.77. The van der Waals surface area contributed by atoms with Crippen LogP contribution in [0, 0.1) is 0 Å². The third-order valence-electron chi connectivity index (χ3n) is 3.50. The van der Waals surface area contributed by atoms with E-state index in [1.54, 1.807) is 12.3 Å². The summed E-state index contributed by atoms with van der Waals surface area (Å²) in [6.45, 7) is 2.95. The number of sulfonamides is 1. The van der Waals surface area contributed by atoms with Crippen LogP contribution in [0.3, 0.4) is 0 Å². The van der Waals surface area contributed by atoms with Gasteiger partial charge >= 0.3 is 0 Å². The van der Waals surface area contributed by atoms with E-state index >= 15 is 0 Å².